The number of nitrogens with zero attached hydrogens (tertiary/aromatic N) is 2. The number of rotatable bonds is 3. The van der Waals surface area contributed by atoms with Crippen LogP contribution in [0.15, 0.2) is 24.3 Å². The highest BCUT2D eigenvalue weighted by atomic mass is 19.1. The summed E-state index contributed by atoms with van der Waals surface area (Å²) in [5.41, 5.74) is 0.993. The molecule has 4 nitrogen and oxygen atoms in total. The zero-order valence-corrected chi connectivity index (χ0v) is 11.5. The Morgan fingerprint density at radius 3 is 2.60 bits per heavy atom. The fraction of sp³-hybridized carbons (Fsp3) is 0.533. The van der Waals surface area contributed by atoms with Crippen LogP contribution in [0.3, 0.4) is 0 Å². The van der Waals surface area contributed by atoms with Gasteiger partial charge in [-0.15, -0.1) is 0 Å². The Kier molecular flexibility index (Phi) is 3.98. The number of halogens is 1. The topological polar surface area (TPSA) is 35.6 Å². The van der Waals surface area contributed by atoms with Gasteiger partial charge in [0.05, 0.1) is 5.92 Å². The van der Waals surface area contributed by atoms with Gasteiger partial charge in [0.15, 0.2) is 0 Å². The van der Waals surface area contributed by atoms with Crippen molar-refractivity contribution in [2.75, 3.05) is 39.3 Å². The van der Waals surface area contributed by atoms with Gasteiger partial charge in [0.25, 0.3) is 0 Å². The fourth-order valence-electron chi connectivity index (χ4n) is 2.74. The number of hydrogen-bond donors (Lipinski definition) is 1. The Labute approximate surface area is 118 Å². The normalized spacial score (nSPS) is 20.8. The van der Waals surface area contributed by atoms with E-state index in [1.54, 1.807) is 12.1 Å². The van der Waals surface area contributed by atoms with Gasteiger partial charge in [-0.2, -0.15) is 0 Å². The average molecular weight is 277 g/mol. The van der Waals surface area contributed by atoms with Crippen LogP contribution in [0.1, 0.15) is 5.56 Å². The van der Waals surface area contributed by atoms with Crippen molar-refractivity contribution < 1.29 is 9.18 Å². The summed E-state index contributed by atoms with van der Waals surface area (Å²) < 4.78 is 13.1. The first-order valence-corrected chi connectivity index (χ1v) is 7.19. The largest absolute Gasteiger partial charge is 0.340 e. The minimum absolute atomic E-state index is 0.185. The first-order valence-electron chi connectivity index (χ1n) is 7.19. The van der Waals surface area contributed by atoms with Gasteiger partial charge in [-0.05, 0) is 17.7 Å². The summed E-state index contributed by atoms with van der Waals surface area (Å²) >= 11 is 0. The van der Waals surface area contributed by atoms with Gasteiger partial charge in [-0.3, -0.25) is 9.69 Å². The second-order valence-corrected chi connectivity index (χ2v) is 5.59. The molecular weight excluding hydrogens is 257 g/mol. The molecule has 0 aliphatic carbocycles. The maximum atomic E-state index is 13.1. The van der Waals surface area contributed by atoms with E-state index in [1.165, 1.54) is 6.07 Å². The Morgan fingerprint density at radius 1 is 1.25 bits per heavy atom. The van der Waals surface area contributed by atoms with Crippen LogP contribution >= 0.6 is 0 Å². The smallest absolute Gasteiger partial charge is 0.228 e. The molecule has 2 heterocycles. The Bertz CT molecular complexity index is 482. The molecule has 0 spiro atoms. The Morgan fingerprint density at radius 2 is 2.00 bits per heavy atom. The van der Waals surface area contributed by atoms with Gasteiger partial charge in [-0.25, -0.2) is 4.39 Å². The van der Waals surface area contributed by atoms with Gasteiger partial charge in [0, 0.05) is 45.8 Å². The summed E-state index contributed by atoms with van der Waals surface area (Å²) in [5, 5.41) is 3.13. The average Bonchev–Trinajstić information content (AvgIpc) is 2.37. The number of carbonyl (C=O) groups is 1. The molecule has 0 atom stereocenters. The number of hydrogen-bond acceptors (Lipinski definition) is 3. The Hall–Kier alpha value is -1.46. The fourth-order valence-corrected chi connectivity index (χ4v) is 2.74. The molecule has 0 aromatic heterocycles. The zero-order valence-electron chi connectivity index (χ0n) is 11.5. The Balaban J connectivity index is 1.49. The summed E-state index contributed by atoms with van der Waals surface area (Å²) in [5.74, 6) is 0.285. The van der Waals surface area contributed by atoms with E-state index in [2.05, 4.69) is 10.2 Å². The number of nitrogens with one attached hydrogen (secondary N) is 1. The van der Waals surface area contributed by atoms with Crippen molar-refractivity contribution in [2.24, 2.45) is 5.92 Å². The molecule has 20 heavy (non-hydrogen) atoms. The lowest BCUT2D eigenvalue weighted by Crippen LogP contribution is -2.56. The SMILES string of the molecule is O=C(C1CNC1)N1CCN(Cc2cccc(F)c2)CC1. The summed E-state index contributed by atoms with van der Waals surface area (Å²) in [4.78, 5) is 16.3. The van der Waals surface area contributed by atoms with Gasteiger partial charge in [0.1, 0.15) is 5.82 Å². The van der Waals surface area contributed by atoms with Crippen LogP contribution in [0.4, 0.5) is 4.39 Å². The summed E-state index contributed by atoms with van der Waals surface area (Å²) in [7, 11) is 0. The molecule has 5 heteroatoms. The van der Waals surface area contributed by atoms with Gasteiger partial charge < -0.3 is 10.2 Å². The quantitative estimate of drug-likeness (QED) is 0.883. The van der Waals surface area contributed by atoms with Crippen LogP contribution in [0.2, 0.25) is 0 Å². The minimum Gasteiger partial charge on any atom is -0.340 e. The van der Waals surface area contributed by atoms with Crippen LogP contribution in [0, 0.1) is 11.7 Å². The highest BCUT2D eigenvalue weighted by molar-refractivity contribution is 5.80. The third-order valence-corrected chi connectivity index (χ3v) is 4.11. The van der Waals surface area contributed by atoms with Crippen LogP contribution in [0.5, 0.6) is 0 Å². The molecule has 0 bridgehead atoms. The zero-order chi connectivity index (χ0) is 13.9. The van der Waals surface area contributed by atoms with Crippen LogP contribution < -0.4 is 5.32 Å². The van der Waals surface area contributed by atoms with Gasteiger partial charge in [0.2, 0.25) is 5.91 Å². The van der Waals surface area contributed by atoms with Crippen molar-refractivity contribution in [3.63, 3.8) is 0 Å². The lowest BCUT2D eigenvalue weighted by molar-refractivity contribution is -0.138. The predicted octanol–water partition coefficient (Wildman–Crippen LogP) is 0.689. The molecule has 2 aliphatic rings. The maximum absolute atomic E-state index is 13.1. The third kappa shape index (κ3) is 2.99. The molecule has 1 N–H and O–H groups in total. The maximum Gasteiger partial charge on any atom is 0.228 e. The molecule has 2 aliphatic heterocycles. The van der Waals surface area contributed by atoms with E-state index in [0.29, 0.717) is 0 Å². The lowest BCUT2D eigenvalue weighted by Gasteiger charge is -2.38. The van der Waals surface area contributed by atoms with E-state index in [1.807, 2.05) is 11.0 Å². The van der Waals surface area contributed by atoms with Crippen molar-refractivity contribution in [2.45, 2.75) is 6.54 Å². The highest BCUT2D eigenvalue weighted by Gasteiger charge is 2.30. The molecule has 2 saturated heterocycles. The van der Waals surface area contributed by atoms with Crippen molar-refractivity contribution in [3.05, 3.63) is 35.6 Å². The molecule has 0 radical (unpaired) electrons. The number of amides is 1. The molecule has 108 valence electrons. The molecule has 1 aromatic rings. The highest BCUT2D eigenvalue weighted by Crippen LogP contribution is 2.13. The van der Waals surface area contributed by atoms with E-state index in [0.717, 1.165) is 51.4 Å². The summed E-state index contributed by atoms with van der Waals surface area (Å²) in [6.45, 7) is 5.69. The standard InChI is InChI=1S/C15H20FN3O/c16-14-3-1-2-12(8-14)11-18-4-6-19(7-5-18)15(20)13-9-17-10-13/h1-3,8,13,17H,4-7,9-11H2. The second kappa shape index (κ2) is 5.89. The molecule has 1 aromatic carbocycles. The van der Waals surface area contributed by atoms with Crippen LogP contribution in [-0.4, -0.2) is 55.0 Å². The van der Waals surface area contributed by atoms with E-state index in [9.17, 15) is 9.18 Å². The van der Waals surface area contributed by atoms with Crippen molar-refractivity contribution >= 4 is 5.91 Å². The summed E-state index contributed by atoms with van der Waals surface area (Å²) in [6.07, 6.45) is 0. The van der Waals surface area contributed by atoms with E-state index >= 15 is 0 Å². The minimum atomic E-state index is -0.186. The molecule has 0 saturated carbocycles. The second-order valence-electron chi connectivity index (χ2n) is 5.59. The van der Waals surface area contributed by atoms with Crippen molar-refractivity contribution in [3.8, 4) is 0 Å². The van der Waals surface area contributed by atoms with Crippen molar-refractivity contribution in [1.29, 1.82) is 0 Å². The van der Waals surface area contributed by atoms with Crippen LogP contribution in [0.25, 0.3) is 0 Å². The third-order valence-electron chi connectivity index (χ3n) is 4.11. The van der Waals surface area contributed by atoms with E-state index in [-0.39, 0.29) is 17.6 Å². The summed E-state index contributed by atoms with van der Waals surface area (Å²) in [6, 6.07) is 6.74. The first-order chi connectivity index (χ1) is 9.72. The molecule has 3 rings (SSSR count). The van der Waals surface area contributed by atoms with Crippen molar-refractivity contribution in [1.82, 2.24) is 15.1 Å². The molecule has 1 amide bonds. The van der Waals surface area contributed by atoms with Gasteiger partial charge >= 0.3 is 0 Å². The van der Waals surface area contributed by atoms with Gasteiger partial charge in [-0.1, -0.05) is 12.1 Å². The predicted molar refractivity (Wildman–Crippen MR) is 74.6 cm³/mol. The number of benzene rings is 1. The number of carbonyl (C=O) groups excluding carboxylic acids is 1. The van der Waals surface area contributed by atoms with E-state index in [4.69, 9.17) is 0 Å². The molecule has 0 unspecified atom stereocenters. The van der Waals surface area contributed by atoms with Crippen LogP contribution in [-0.2, 0) is 11.3 Å². The number of piperazine rings is 1. The monoisotopic (exact) mass is 277 g/mol. The first kappa shape index (κ1) is 13.5. The lowest BCUT2D eigenvalue weighted by atomic mass is 10.0. The molecular formula is C15H20FN3O. The van der Waals surface area contributed by atoms with E-state index < -0.39 is 0 Å². The molecule has 2 fully saturated rings.